The van der Waals surface area contributed by atoms with Crippen molar-refractivity contribution < 1.29 is 37.0 Å². The number of nitrogens with zero attached hydrogens (tertiary/aromatic N) is 1. The Morgan fingerprint density at radius 2 is 1.79 bits per heavy atom. The topological polar surface area (TPSA) is 116 Å². The van der Waals surface area contributed by atoms with Crippen LogP contribution in [0.2, 0.25) is 0 Å². The van der Waals surface area contributed by atoms with Crippen LogP contribution in [0.15, 0.2) is 11.3 Å². The Morgan fingerprint density at radius 3 is 2.28 bits per heavy atom. The first-order valence-corrected chi connectivity index (χ1v) is 11.3. The highest BCUT2D eigenvalue weighted by molar-refractivity contribution is 7.92. The van der Waals surface area contributed by atoms with Gasteiger partial charge in [-0.05, 0) is 33.6 Å². The summed E-state index contributed by atoms with van der Waals surface area (Å²) in [6.45, 7) is 9.49. The minimum Gasteiger partial charge on any atom is -0.461 e. The van der Waals surface area contributed by atoms with Crippen molar-refractivity contribution in [2.45, 2.75) is 77.6 Å². The molecule has 1 amide bonds. The van der Waals surface area contributed by atoms with Crippen LogP contribution in [0.4, 0.5) is 0 Å². The van der Waals surface area contributed by atoms with E-state index in [9.17, 15) is 22.8 Å². The minimum absolute atomic E-state index is 0.0139. The predicted molar refractivity (Wildman–Crippen MR) is 103 cm³/mol. The molecule has 0 aromatic carbocycles. The average molecular weight is 432 g/mol. The van der Waals surface area contributed by atoms with Gasteiger partial charge in [-0.1, -0.05) is 13.8 Å². The van der Waals surface area contributed by atoms with Crippen LogP contribution in [0.25, 0.3) is 0 Å². The largest absolute Gasteiger partial charge is 0.461 e. The number of hydrogen-bond acceptors (Lipinski definition) is 8. The Morgan fingerprint density at radius 1 is 1.21 bits per heavy atom. The van der Waals surface area contributed by atoms with Gasteiger partial charge in [-0.3, -0.25) is 14.5 Å². The van der Waals surface area contributed by atoms with Gasteiger partial charge in [0.1, 0.15) is 17.9 Å². The summed E-state index contributed by atoms with van der Waals surface area (Å²) in [7, 11) is -3.85. The molecule has 1 saturated heterocycles. The second kappa shape index (κ2) is 8.43. The van der Waals surface area contributed by atoms with E-state index in [0.717, 1.165) is 4.90 Å². The summed E-state index contributed by atoms with van der Waals surface area (Å²) in [4.78, 5) is 37.7. The summed E-state index contributed by atoms with van der Waals surface area (Å²) < 4.78 is 41.8. The molecule has 9 nitrogen and oxygen atoms in total. The van der Waals surface area contributed by atoms with Crippen molar-refractivity contribution in [1.29, 1.82) is 0 Å². The van der Waals surface area contributed by atoms with E-state index in [2.05, 4.69) is 0 Å². The normalized spacial score (nSPS) is 23.6. The minimum atomic E-state index is -3.85. The van der Waals surface area contributed by atoms with Crippen molar-refractivity contribution >= 4 is 27.7 Å². The maximum atomic E-state index is 12.9. The first-order valence-electron chi connectivity index (χ1n) is 9.61. The molecule has 29 heavy (non-hydrogen) atoms. The second-order valence-corrected chi connectivity index (χ2v) is 10.2. The molecule has 0 aromatic heterocycles. The zero-order valence-electron chi connectivity index (χ0n) is 17.7. The highest BCUT2D eigenvalue weighted by atomic mass is 32.2. The number of fused-ring (bicyclic) bond motifs is 1. The Hall–Kier alpha value is -1.94. The highest BCUT2D eigenvalue weighted by Gasteiger charge is 2.61. The number of sulfone groups is 1. The molecule has 0 aromatic rings. The third-order valence-electron chi connectivity index (χ3n) is 4.61. The molecule has 0 saturated carbocycles. The molecule has 2 atom stereocenters. The molecule has 2 rings (SSSR count). The summed E-state index contributed by atoms with van der Waals surface area (Å²) in [5.41, 5.74) is -1.03. The first kappa shape index (κ1) is 23.3. The molecule has 0 bridgehead atoms. The zero-order valence-corrected chi connectivity index (χ0v) is 18.5. The van der Waals surface area contributed by atoms with Crippen molar-refractivity contribution in [3.05, 3.63) is 11.3 Å². The molecule has 0 unspecified atom stereocenters. The molecule has 1 fully saturated rings. The number of β-lactam (4-membered cyclic amide) rings is 1. The Bertz CT molecular complexity index is 820. The van der Waals surface area contributed by atoms with Gasteiger partial charge >= 0.3 is 11.9 Å². The molecule has 0 N–H and O–H groups in total. The van der Waals surface area contributed by atoms with Gasteiger partial charge in [0.2, 0.25) is 0 Å². The number of carbonyl (C=O) groups is 3. The third kappa shape index (κ3) is 4.98. The molecule has 0 spiro atoms. The average Bonchev–Trinajstić information content (AvgIpc) is 2.58. The van der Waals surface area contributed by atoms with Crippen molar-refractivity contribution in [3.8, 4) is 0 Å². The first-order chi connectivity index (χ1) is 13.3. The summed E-state index contributed by atoms with van der Waals surface area (Å²) in [6, 6.07) is 0. The molecule has 2 heterocycles. The number of amides is 1. The molecule has 164 valence electrons. The van der Waals surface area contributed by atoms with E-state index in [1.807, 2.05) is 13.8 Å². The van der Waals surface area contributed by atoms with E-state index in [-0.39, 0.29) is 17.4 Å². The van der Waals surface area contributed by atoms with Crippen LogP contribution in [-0.2, 0) is 38.4 Å². The smallest absolute Gasteiger partial charge is 0.355 e. The molecular weight excluding hydrogens is 402 g/mol. The fourth-order valence-corrected chi connectivity index (χ4v) is 5.24. The van der Waals surface area contributed by atoms with Crippen molar-refractivity contribution in [2.75, 3.05) is 12.4 Å². The monoisotopic (exact) mass is 431 g/mol. The van der Waals surface area contributed by atoms with Gasteiger partial charge in [-0.25, -0.2) is 13.2 Å². The van der Waals surface area contributed by atoms with E-state index in [4.69, 9.17) is 14.2 Å². The lowest BCUT2D eigenvalue weighted by molar-refractivity contribution is -0.174. The summed E-state index contributed by atoms with van der Waals surface area (Å²) in [6.07, 6.45) is -0.186. The van der Waals surface area contributed by atoms with Gasteiger partial charge in [-0.15, -0.1) is 0 Å². The summed E-state index contributed by atoms with van der Waals surface area (Å²) in [5, 5.41) is -1.29. The van der Waals surface area contributed by atoms with Crippen LogP contribution in [0.1, 0.15) is 54.4 Å². The standard InChI is InChI=1S/C19H29NO8S/c1-7-13(8-2)27-15-16(22)20-14(18(23)28-19(4,5)6)12(9-26-11(3)21)10-29(24,25)17(15)20/h13,15,17H,7-10H2,1-6H3/t15-,17+/m0/s1. The second-order valence-electron chi connectivity index (χ2n) is 8.14. The molecule has 0 radical (unpaired) electrons. The maximum absolute atomic E-state index is 12.9. The quantitative estimate of drug-likeness (QED) is 0.438. The zero-order chi connectivity index (χ0) is 22.1. The van der Waals surface area contributed by atoms with Gasteiger partial charge in [-0.2, -0.15) is 0 Å². The molecular formula is C19H29NO8S. The van der Waals surface area contributed by atoms with Crippen LogP contribution in [-0.4, -0.2) is 66.7 Å². The number of esters is 2. The fourth-order valence-electron chi connectivity index (χ4n) is 3.27. The van der Waals surface area contributed by atoms with Crippen LogP contribution in [0.5, 0.6) is 0 Å². The third-order valence-corrected chi connectivity index (χ3v) is 6.55. The lowest BCUT2D eigenvalue weighted by Gasteiger charge is -2.49. The molecule has 0 aliphatic carbocycles. The molecule has 2 aliphatic rings. The van der Waals surface area contributed by atoms with E-state index in [0.29, 0.717) is 12.8 Å². The van der Waals surface area contributed by atoms with E-state index < -0.39 is 57.1 Å². The molecule has 10 heteroatoms. The Labute approximate surface area is 171 Å². The summed E-state index contributed by atoms with van der Waals surface area (Å²) in [5.74, 6) is -2.61. The van der Waals surface area contributed by atoms with Crippen molar-refractivity contribution in [3.63, 3.8) is 0 Å². The Kier molecular flexibility index (Phi) is 6.79. The van der Waals surface area contributed by atoms with Gasteiger partial charge in [0, 0.05) is 12.5 Å². The van der Waals surface area contributed by atoms with E-state index in [1.54, 1.807) is 20.8 Å². The van der Waals surface area contributed by atoms with Crippen LogP contribution in [0.3, 0.4) is 0 Å². The summed E-state index contributed by atoms with van der Waals surface area (Å²) >= 11 is 0. The number of carbonyl (C=O) groups excluding carboxylic acids is 3. The van der Waals surface area contributed by atoms with Crippen LogP contribution < -0.4 is 0 Å². The number of ether oxygens (including phenoxy) is 3. The molecule has 2 aliphatic heterocycles. The van der Waals surface area contributed by atoms with Crippen LogP contribution in [0, 0.1) is 0 Å². The van der Waals surface area contributed by atoms with Gasteiger partial charge in [0.05, 0.1) is 11.9 Å². The predicted octanol–water partition coefficient (Wildman–Crippen LogP) is 1.32. The van der Waals surface area contributed by atoms with E-state index in [1.165, 1.54) is 6.92 Å². The lowest BCUT2D eigenvalue weighted by Crippen LogP contribution is -2.71. The number of rotatable bonds is 7. The SMILES string of the molecule is CCC(CC)O[C@H]1C(=O)N2C(C(=O)OC(C)(C)C)=C(COC(C)=O)CS(=O)(=O)[C@H]12. The Balaban J connectivity index is 2.45. The highest BCUT2D eigenvalue weighted by Crippen LogP contribution is 2.39. The maximum Gasteiger partial charge on any atom is 0.355 e. The fraction of sp³-hybridized carbons (Fsp3) is 0.737. The van der Waals surface area contributed by atoms with Gasteiger partial charge in [0.15, 0.2) is 21.3 Å². The van der Waals surface area contributed by atoms with Crippen molar-refractivity contribution in [2.24, 2.45) is 0 Å². The lowest BCUT2D eigenvalue weighted by atomic mass is 10.0. The van der Waals surface area contributed by atoms with Crippen molar-refractivity contribution in [1.82, 2.24) is 4.90 Å². The van der Waals surface area contributed by atoms with E-state index >= 15 is 0 Å². The number of hydrogen-bond donors (Lipinski definition) is 0. The van der Waals surface area contributed by atoms with Gasteiger partial charge in [0.25, 0.3) is 5.91 Å². The van der Waals surface area contributed by atoms with Gasteiger partial charge < -0.3 is 14.2 Å². The van der Waals surface area contributed by atoms with Crippen LogP contribution >= 0.6 is 0 Å².